The fraction of sp³-hybridized carbons (Fsp3) is 0.364. The summed E-state index contributed by atoms with van der Waals surface area (Å²) in [4.78, 5) is 23.9. The molecule has 0 radical (unpaired) electrons. The van der Waals surface area contributed by atoms with Crippen LogP contribution >= 0.6 is 0 Å². The van der Waals surface area contributed by atoms with Crippen molar-refractivity contribution in [2.45, 2.75) is 19.3 Å². The molecule has 2 N–H and O–H groups in total. The first-order chi connectivity index (χ1) is 14.1. The summed E-state index contributed by atoms with van der Waals surface area (Å²) >= 11 is 0. The summed E-state index contributed by atoms with van der Waals surface area (Å²) in [5, 5.41) is 5.69. The Kier molecular flexibility index (Phi) is 6.94. The van der Waals surface area contributed by atoms with Gasteiger partial charge in [0.1, 0.15) is 5.75 Å². The number of rotatable bonds is 10. The topological polar surface area (TPSA) is 85.9 Å². The SMILES string of the molecule is COc1ccc(CCNC(=O)COc2cccc(NC(=O)C3CC3)c2)cc1OC. The standard InChI is InChI=1S/C22H26N2O5/c1-27-19-9-6-15(12-20(19)28-2)10-11-23-21(25)14-29-18-5-3-4-17(13-18)24-22(26)16-7-8-16/h3-6,9,12-13,16H,7-8,10-11,14H2,1-2H3,(H,23,25)(H,24,26). The molecular formula is C22H26N2O5. The van der Waals surface area contributed by atoms with Crippen molar-refractivity contribution in [3.63, 3.8) is 0 Å². The smallest absolute Gasteiger partial charge is 0.257 e. The number of hydrogen-bond donors (Lipinski definition) is 2. The summed E-state index contributed by atoms with van der Waals surface area (Å²) in [6, 6.07) is 12.7. The monoisotopic (exact) mass is 398 g/mol. The van der Waals surface area contributed by atoms with Crippen LogP contribution in [0.2, 0.25) is 0 Å². The molecule has 0 aliphatic heterocycles. The highest BCUT2D eigenvalue weighted by Crippen LogP contribution is 2.30. The minimum absolute atomic E-state index is 0.0371. The van der Waals surface area contributed by atoms with Crippen molar-refractivity contribution >= 4 is 17.5 Å². The van der Waals surface area contributed by atoms with Gasteiger partial charge in [-0.05, 0) is 49.1 Å². The second-order valence-electron chi connectivity index (χ2n) is 6.87. The highest BCUT2D eigenvalue weighted by atomic mass is 16.5. The Morgan fingerprint density at radius 2 is 1.83 bits per heavy atom. The van der Waals surface area contributed by atoms with Crippen LogP contribution in [0.25, 0.3) is 0 Å². The molecule has 0 spiro atoms. The van der Waals surface area contributed by atoms with Gasteiger partial charge in [-0.15, -0.1) is 0 Å². The zero-order chi connectivity index (χ0) is 20.6. The number of benzene rings is 2. The van der Waals surface area contributed by atoms with Gasteiger partial charge in [0.2, 0.25) is 5.91 Å². The maximum atomic E-state index is 12.0. The van der Waals surface area contributed by atoms with Crippen LogP contribution in [0.1, 0.15) is 18.4 Å². The molecule has 3 rings (SSSR count). The van der Waals surface area contributed by atoms with Gasteiger partial charge in [-0.3, -0.25) is 9.59 Å². The number of carbonyl (C=O) groups excluding carboxylic acids is 2. The van der Waals surface area contributed by atoms with Crippen LogP contribution in [0.4, 0.5) is 5.69 Å². The summed E-state index contributed by atoms with van der Waals surface area (Å²) in [5.41, 5.74) is 1.70. The van der Waals surface area contributed by atoms with E-state index in [9.17, 15) is 9.59 Å². The molecule has 1 aliphatic carbocycles. The van der Waals surface area contributed by atoms with Crippen LogP contribution in [0.3, 0.4) is 0 Å². The van der Waals surface area contributed by atoms with Gasteiger partial charge in [0.25, 0.3) is 5.91 Å². The van der Waals surface area contributed by atoms with E-state index >= 15 is 0 Å². The average molecular weight is 398 g/mol. The largest absolute Gasteiger partial charge is 0.493 e. The van der Waals surface area contributed by atoms with Gasteiger partial charge in [0.05, 0.1) is 14.2 Å². The molecule has 0 unspecified atom stereocenters. The van der Waals surface area contributed by atoms with Gasteiger partial charge in [-0.25, -0.2) is 0 Å². The second kappa shape index (κ2) is 9.82. The Balaban J connectivity index is 1.41. The lowest BCUT2D eigenvalue weighted by Crippen LogP contribution is -2.30. The van der Waals surface area contributed by atoms with Crippen molar-refractivity contribution in [3.8, 4) is 17.2 Å². The van der Waals surface area contributed by atoms with Gasteiger partial charge in [-0.1, -0.05) is 12.1 Å². The first-order valence-electron chi connectivity index (χ1n) is 9.60. The second-order valence-corrected chi connectivity index (χ2v) is 6.87. The summed E-state index contributed by atoms with van der Waals surface area (Å²) in [6.07, 6.45) is 2.56. The molecule has 2 amide bonds. The lowest BCUT2D eigenvalue weighted by atomic mass is 10.1. The van der Waals surface area contributed by atoms with Crippen LogP contribution < -0.4 is 24.8 Å². The van der Waals surface area contributed by atoms with Crippen LogP contribution in [-0.4, -0.2) is 39.2 Å². The van der Waals surface area contributed by atoms with E-state index in [2.05, 4.69) is 10.6 Å². The molecule has 0 bridgehead atoms. The normalized spacial score (nSPS) is 12.8. The molecule has 29 heavy (non-hydrogen) atoms. The molecule has 7 heteroatoms. The van der Waals surface area contributed by atoms with Crippen LogP contribution in [0.5, 0.6) is 17.2 Å². The molecule has 2 aromatic carbocycles. The third-order valence-electron chi connectivity index (χ3n) is 4.60. The highest BCUT2D eigenvalue weighted by molar-refractivity contribution is 5.94. The number of carbonyl (C=O) groups is 2. The van der Waals surface area contributed by atoms with Crippen molar-refractivity contribution in [3.05, 3.63) is 48.0 Å². The first kappa shape index (κ1) is 20.5. The molecule has 0 atom stereocenters. The van der Waals surface area contributed by atoms with Crippen LogP contribution in [0.15, 0.2) is 42.5 Å². The van der Waals surface area contributed by atoms with Gasteiger partial charge < -0.3 is 24.8 Å². The van der Waals surface area contributed by atoms with Gasteiger partial charge in [-0.2, -0.15) is 0 Å². The van der Waals surface area contributed by atoms with Crippen molar-refractivity contribution in [2.75, 3.05) is 32.7 Å². The molecule has 0 heterocycles. The van der Waals surface area contributed by atoms with Gasteiger partial charge in [0.15, 0.2) is 18.1 Å². The minimum atomic E-state index is -0.210. The van der Waals surface area contributed by atoms with E-state index in [0.717, 1.165) is 18.4 Å². The lowest BCUT2D eigenvalue weighted by Gasteiger charge is -2.11. The van der Waals surface area contributed by atoms with Crippen molar-refractivity contribution in [1.29, 1.82) is 0 Å². The minimum Gasteiger partial charge on any atom is -0.493 e. The molecule has 2 aromatic rings. The summed E-state index contributed by atoms with van der Waals surface area (Å²) < 4.78 is 16.0. The van der Waals surface area contributed by atoms with E-state index in [1.165, 1.54) is 0 Å². The predicted octanol–water partition coefficient (Wildman–Crippen LogP) is 2.79. The van der Waals surface area contributed by atoms with E-state index in [0.29, 0.717) is 35.9 Å². The van der Waals surface area contributed by atoms with Crippen molar-refractivity contribution in [1.82, 2.24) is 5.32 Å². The predicted molar refractivity (Wildman–Crippen MR) is 110 cm³/mol. The maximum Gasteiger partial charge on any atom is 0.257 e. The summed E-state index contributed by atoms with van der Waals surface area (Å²) in [6.45, 7) is 0.390. The number of hydrogen-bond acceptors (Lipinski definition) is 5. The number of nitrogens with one attached hydrogen (secondary N) is 2. The van der Waals surface area contributed by atoms with E-state index in [1.54, 1.807) is 38.5 Å². The fourth-order valence-electron chi connectivity index (χ4n) is 2.84. The van der Waals surface area contributed by atoms with E-state index in [4.69, 9.17) is 14.2 Å². The van der Waals surface area contributed by atoms with E-state index in [-0.39, 0.29) is 24.3 Å². The van der Waals surface area contributed by atoms with Crippen LogP contribution in [0, 0.1) is 5.92 Å². The Labute approximate surface area is 170 Å². The molecule has 1 aliphatic rings. The maximum absolute atomic E-state index is 12.0. The zero-order valence-electron chi connectivity index (χ0n) is 16.7. The zero-order valence-corrected chi connectivity index (χ0v) is 16.7. The van der Waals surface area contributed by atoms with Crippen molar-refractivity contribution in [2.24, 2.45) is 5.92 Å². The molecule has 154 valence electrons. The van der Waals surface area contributed by atoms with E-state index < -0.39 is 0 Å². The molecule has 1 fully saturated rings. The third kappa shape index (κ3) is 6.14. The molecule has 7 nitrogen and oxygen atoms in total. The quantitative estimate of drug-likeness (QED) is 0.643. The Morgan fingerprint density at radius 3 is 2.55 bits per heavy atom. The summed E-state index contributed by atoms with van der Waals surface area (Å²) in [5.74, 6) is 1.83. The molecule has 0 saturated heterocycles. The fourth-order valence-corrected chi connectivity index (χ4v) is 2.84. The van der Waals surface area contributed by atoms with Gasteiger partial charge >= 0.3 is 0 Å². The third-order valence-corrected chi connectivity index (χ3v) is 4.60. The molecule has 0 aromatic heterocycles. The molecule has 1 saturated carbocycles. The highest BCUT2D eigenvalue weighted by Gasteiger charge is 2.29. The Bertz CT molecular complexity index is 864. The number of amides is 2. The number of anilines is 1. The lowest BCUT2D eigenvalue weighted by molar-refractivity contribution is -0.123. The Hall–Kier alpha value is -3.22. The first-order valence-corrected chi connectivity index (χ1v) is 9.60. The van der Waals surface area contributed by atoms with Crippen molar-refractivity contribution < 1.29 is 23.8 Å². The molecular weight excluding hydrogens is 372 g/mol. The summed E-state index contributed by atoms with van der Waals surface area (Å²) in [7, 11) is 3.18. The van der Waals surface area contributed by atoms with E-state index in [1.807, 2.05) is 18.2 Å². The van der Waals surface area contributed by atoms with Gasteiger partial charge in [0, 0.05) is 24.2 Å². The Morgan fingerprint density at radius 1 is 1.03 bits per heavy atom. The number of ether oxygens (including phenoxy) is 3. The average Bonchev–Trinajstić information content (AvgIpc) is 3.58. The number of methoxy groups -OCH3 is 2. The van der Waals surface area contributed by atoms with Crippen LogP contribution in [-0.2, 0) is 16.0 Å².